The van der Waals surface area contributed by atoms with Crippen molar-refractivity contribution in [1.29, 1.82) is 0 Å². The third kappa shape index (κ3) is 3.65. The first kappa shape index (κ1) is 12.7. The lowest BCUT2D eigenvalue weighted by atomic mass is 10.1. The van der Waals surface area contributed by atoms with Crippen LogP contribution >= 0.6 is 50.5 Å². The predicted molar refractivity (Wildman–Crippen MR) is 61.2 cm³/mol. The van der Waals surface area contributed by atoms with Gasteiger partial charge in [0.15, 0.2) is 0 Å². The second-order valence-corrected chi connectivity index (χ2v) is 6.41. The molecule has 0 amide bonds. The maximum atomic E-state index is 12.7. The first-order valence-corrected chi connectivity index (χ1v) is 6.25. The summed E-state index contributed by atoms with van der Waals surface area (Å²) in [5, 5.41) is 0. The van der Waals surface area contributed by atoms with E-state index >= 15 is 0 Å². The second kappa shape index (κ2) is 4.64. The van der Waals surface area contributed by atoms with Crippen LogP contribution in [0, 0.1) is 0 Å². The van der Waals surface area contributed by atoms with E-state index in [1.54, 1.807) is 6.07 Å². The number of rotatable bonds is 3. The number of halogens is 5. The summed E-state index contributed by atoms with van der Waals surface area (Å²) in [4.78, 5) is -0.459. The molecule has 1 aromatic heterocycles. The highest BCUT2D eigenvalue weighted by molar-refractivity contribution is 9.09. The van der Waals surface area contributed by atoms with E-state index in [-0.39, 0.29) is 6.42 Å². The van der Waals surface area contributed by atoms with Gasteiger partial charge in [-0.05, 0) is 18.6 Å². The van der Waals surface area contributed by atoms with Crippen LogP contribution in [0.3, 0.4) is 0 Å². The van der Waals surface area contributed by atoms with Gasteiger partial charge in [0.1, 0.15) is 0 Å². The lowest BCUT2D eigenvalue weighted by Gasteiger charge is -2.14. The summed E-state index contributed by atoms with van der Waals surface area (Å²) < 4.78 is 26.4. The van der Waals surface area contributed by atoms with Gasteiger partial charge >= 0.3 is 0 Å². The van der Waals surface area contributed by atoms with Crippen LogP contribution < -0.4 is 0 Å². The largest absolute Gasteiger partial charge is 0.246 e. The van der Waals surface area contributed by atoms with Crippen LogP contribution in [-0.2, 0) is 0 Å². The summed E-state index contributed by atoms with van der Waals surface area (Å²) in [6.45, 7) is 0.878. The topological polar surface area (TPSA) is 0 Å². The average Bonchev–Trinajstić information content (AvgIpc) is 2.26. The van der Waals surface area contributed by atoms with Crippen molar-refractivity contribution in [2.24, 2.45) is 0 Å². The highest BCUT2D eigenvalue weighted by Crippen LogP contribution is 2.42. The van der Waals surface area contributed by atoms with Crippen LogP contribution in [0.5, 0.6) is 0 Å². The lowest BCUT2D eigenvalue weighted by molar-refractivity contribution is 0.0130. The molecule has 0 fully saturated rings. The van der Waals surface area contributed by atoms with E-state index in [1.165, 1.54) is 11.3 Å². The molecule has 1 unspecified atom stereocenters. The Labute approximate surface area is 103 Å². The zero-order valence-corrected chi connectivity index (χ0v) is 11.1. The molecule has 0 aromatic carbocycles. The molecule has 0 spiro atoms. The molecule has 0 aliphatic carbocycles. The van der Waals surface area contributed by atoms with Crippen LogP contribution in [0.25, 0.3) is 0 Å². The molecule has 0 saturated heterocycles. The van der Waals surface area contributed by atoms with Crippen molar-refractivity contribution in [3.05, 3.63) is 20.3 Å². The van der Waals surface area contributed by atoms with Crippen molar-refractivity contribution < 1.29 is 8.78 Å². The van der Waals surface area contributed by atoms with Crippen LogP contribution in [0.15, 0.2) is 6.07 Å². The quantitative estimate of drug-likeness (QED) is 0.641. The normalized spacial score (nSPS) is 14.4. The van der Waals surface area contributed by atoms with Gasteiger partial charge in [-0.25, -0.2) is 8.78 Å². The maximum absolute atomic E-state index is 12.7. The molecule has 0 saturated carbocycles. The minimum Gasteiger partial charge on any atom is -0.207 e. The minimum atomic E-state index is -2.72. The summed E-state index contributed by atoms with van der Waals surface area (Å²) in [6, 6.07) is 1.61. The number of thiophene rings is 1. The molecule has 1 aromatic rings. The van der Waals surface area contributed by atoms with Crippen molar-refractivity contribution in [2.75, 3.05) is 0 Å². The molecular formula is C8H7BrCl2F2S. The van der Waals surface area contributed by atoms with E-state index in [4.69, 9.17) is 23.2 Å². The summed E-state index contributed by atoms with van der Waals surface area (Å²) in [5.41, 5.74) is 0.628. The summed E-state index contributed by atoms with van der Waals surface area (Å²) in [5.74, 6) is -2.72. The second-order valence-electron chi connectivity index (χ2n) is 3.02. The fourth-order valence-electron chi connectivity index (χ4n) is 0.991. The molecule has 6 heteroatoms. The molecular weight excluding hydrogens is 317 g/mol. The Hall–Kier alpha value is 0.620. The number of hydrogen-bond donors (Lipinski definition) is 0. The Balaban J connectivity index is 2.79. The summed E-state index contributed by atoms with van der Waals surface area (Å²) >= 11 is 15.9. The van der Waals surface area contributed by atoms with Gasteiger partial charge in [-0.1, -0.05) is 39.1 Å². The standard InChI is InChI=1S/C8H7BrCl2F2S/c1-8(12,13)3-5(9)4-2-6(10)14-7(4)11/h2,5H,3H2,1H3. The Kier molecular flexibility index (Phi) is 4.21. The SMILES string of the molecule is CC(F)(F)CC(Br)c1cc(Cl)sc1Cl. The third-order valence-electron chi connectivity index (χ3n) is 1.56. The van der Waals surface area contributed by atoms with Gasteiger partial charge in [0.05, 0.1) is 8.67 Å². The predicted octanol–water partition coefficient (Wildman–Crippen LogP) is 5.54. The minimum absolute atomic E-state index is 0.292. The Bertz CT molecular complexity index is 322. The van der Waals surface area contributed by atoms with Gasteiger partial charge in [0, 0.05) is 11.2 Å². The summed E-state index contributed by atoms with van der Waals surface area (Å²) in [7, 11) is 0. The highest BCUT2D eigenvalue weighted by Gasteiger charge is 2.28. The van der Waals surface area contributed by atoms with Crippen LogP contribution in [0.1, 0.15) is 23.7 Å². The van der Waals surface area contributed by atoms with E-state index in [2.05, 4.69) is 15.9 Å². The van der Waals surface area contributed by atoms with E-state index in [9.17, 15) is 8.78 Å². The molecule has 80 valence electrons. The average molecular weight is 324 g/mol. The van der Waals surface area contributed by atoms with Crippen molar-refractivity contribution >= 4 is 50.5 Å². The molecule has 0 nitrogen and oxygen atoms in total. The van der Waals surface area contributed by atoms with E-state index in [0.717, 1.165) is 6.92 Å². The first-order chi connectivity index (χ1) is 6.29. The maximum Gasteiger partial charge on any atom is 0.246 e. The zero-order valence-electron chi connectivity index (χ0n) is 7.16. The third-order valence-corrected chi connectivity index (χ3v) is 3.89. The van der Waals surface area contributed by atoms with Gasteiger partial charge in [-0.3, -0.25) is 0 Å². The molecule has 0 bridgehead atoms. The Morgan fingerprint density at radius 2 is 2.14 bits per heavy atom. The molecule has 1 heterocycles. The Morgan fingerprint density at radius 1 is 1.57 bits per heavy atom. The fraction of sp³-hybridized carbons (Fsp3) is 0.500. The summed E-state index contributed by atoms with van der Waals surface area (Å²) in [6.07, 6.45) is -0.292. The van der Waals surface area contributed by atoms with Crippen LogP contribution in [0.2, 0.25) is 8.67 Å². The number of alkyl halides is 3. The van der Waals surface area contributed by atoms with E-state index in [0.29, 0.717) is 14.2 Å². The van der Waals surface area contributed by atoms with Crippen molar-refractivity contribution in [3.8, 4) is 0 Å². The van der Waals surface area contributed by atoms with Crippen molar-refractivity contribution in [3.63, 3.8) is 0 Å². The van der Waals surface area contributed by atoms with Gasteiger partial charge < -0.3 is 0 Å². The van der Waals surface area contributed by atoms with E-state index in [1.807, 2.05) is 0 Å². The molecule has 1 atom stereocenters. The van der Waals surface area contributed by atoms with Gasteiger partial charge in [-0.15, -0.1) is 11.3 Å². The first-order valence-electron chi connectivity index (χ1n) is 3.76. The van der Waals surface area contributed by atoms with Crippen molar-refractivity contribution in [2.45, 2.75) is 24.1 Å². The fourth-order valence-corrected chi connectivity index (χ4v) is 3.78. The van der Waals surface area contributed by atoms with Crippen LogP contribution in [0.4, 0.5) is 8.78 Å². The van der Waals surface area contributed by atoms with Crippen LogP contribution in [-0.4, -0.2) is 5.92 Å². The van der Waals surface area contributed by atoms with Gasteiger partial charge in [-0.2, -0.15) is 0 Å². The zero-order chi connectivity index (χ0) is 10.9. The molecule has 0 aliphatic rings. The van der Waals surface area contributed by atoms with Gasteiger partial charge in [0.2, 0.25) is 5.92 Å². The highest BCUT2D eigenvalue weighted by atomic mass is 79.9. The lowest BCUT2D eigenvalue weighted by Crippen LogP contribution is -2.12. The molecule has 0 aliphatic heterocycles. The molecule has 0 radical (unpaired) electrons. The van der Waals surface area contributed by atoms with E-state index < -0.39 is 10.7 Å². The molecule has 0 N–H and O–H groups in total. The molecule has 1 rings (SSSR count). The number of hydrogen-bond acceptors (Lipinski definition) is 1. The molecule has 14 heavy (non-hydrogen) atoms. The van der Waals surface area contributed by atoms with Gasteiger partial charge in [0.25, 0.3) is 0 Å². The smallest absolute Gasteiger partial charge is 0.207 e. The monoisotopic (exact) mass is 322 g/mol. The van der Waals surface area contributed by atoms with Crippen molar-refractivity contribution in [1.82, 2.24) is 0 Å². The Morgan fingerprint density at radius 3 is 2.50 bits per heavy atom.